The molecular weight excluding hydrogens is 396 g/mol. The first-order valence-corrected chi connectivity index (χ1v) is 10.5. The highest BCUT2D eigenvalue weighted by molar-refractivity contribution is 7.92. The van der Waals surface area contributed by atoms with Gasteiger partial charge in [-0.1, -0.05) is 30.3 Å². The van der Waals surface area contributed by atoms with Crippen LogP contribution in [0.3, 0.4) is 0 Å². The van der Waals surface area contributed by atoms with Crippen molar-refractivity contribution in [2.75, 3.05) is 32.8 Å². The summed E-state index contributed by atoms with van der Waals surface area (Å²) in [7, 11) is -1.90. The number of aryl methyl sites for hydroxylation is 1. The first-order valence-electron chi connectivity index (χ1n) is 9.02. The molecular formula is C19H22N4O5S. The van der Waals surface area contributed by atoms with Crippen LogP contribution in [0.1, 0.15) is 15.9 Å². The highest BCUT2D eigenvalue weighted by Gasteiger charge is 2.27. The third-order valence-electron chi connectivity index (χ3n) is 4.45. The molecule has 1 aliphatic rings. The maximum atomic E-state index is 12.5. The van der Waals surface area contributed by atoms with Crippen LogP contribution in [0.25, 0.3) is 6.08 Å². The zero-order chi connectivity index (χ0) is 20.9. The van der Waals surface area contributed by atoms with Gasteiger partial charge in [-0.15, -0.1) is 0 Å². The van der Waals surface area contributed by atoms with Crippen LogP contribution < -0.4 is 0 Å². The third kappa shape index (κ3) is 5.52. The van der Waals surface area contributed by atoms with Crippen LogP contribution in [0.5, 0.6) is 0 Å². The van der Waals surface area contributed by atoms with Gasteiger partial charge < -0.3 is 9.64 Å². The second-order valence-electron chi connectivity index (χ2n) is 6.52. The number of carbonyl (C=O) groups excluding carboxylic acids is 2. The van der Waals surface area contributed by atoms with Crippen LogP contribution in [0, 0.1) is 0 Å². The van der Waals surface area contributed by atoms with Crippen molar-refractivity contribution >= 4 is 28.0 Å². The molecule has 0 unspecified atom stereocenters. The van der Waals surface area contributed by atoms with E-state index in [-0.39, 0.29) is 37.6 Å². The number of sulfonamides is 1. The first kappa shape index (κ1) is 20.7. The fourth-order valence-electron chi connectivity index (χ4n) is 2.84. The summed E-state index contributed by atoms with van der Waals surface area (Å²) in [4.78, 5) is 25.6. The number of amides is 1. The molecule has 0 spiro atoms. The Morgan fingerprint density at radius 2 is 1.83 bits per heavy atom. The highest BCUT2D eigenvalue weighted by atomic mass is 32.2. The van der Waals surface area contributed by atoms with Crippen LogP contribution >= 0.6 is 0 Å². The minimum absolute atomic E-state index is 0.184. The number of aromatic nitrogens is 2. The van der Waals surface area contributed by atoms with Gasteiger partial charge in [0.25, 0.3) is 5.91 Å². The van der Waals surface area contributed by atoms with Gasteiger partial charge in [0.2, 0.25) is 10.0 Å². The molecule has 1 aromatic heterocycles. The maximum Gasteiger partial charge on any atom is 0.341 e. The van der Waals surface area contributed by atoms with E-state index in [2.05, 4.69) is 5.10 Å². The number of hydrogen-bond acceptors (Lipinski definition) is 6. The monoisotopic (exact) mass is 418 g/mol. The molecule has 1 fully saturated rings. The van der Waals surface area contributed by atoms with Crippen LogP contribution in [-0.2, 0) is 26.6 Å². The quantitative estimate of drug-likeness (QED) is 0.641. The minimum Gasteiger partial charge on any atom is -0.452 e. The number of piperazine rings is 1. The Balaban J connectivity index is 1.48. The molecule has 0 atom stereocenters. The van der Waals surface area contributed by atoms with E-state index < -0.39 is 22.6 Å². The Morgan fingerprint density at radius 1 is 1.14 bits per heavy atom. The Labute approximate surface area is 169 Å². The molecule has 2 aromatic rings. The van der Waals surface area contributed by atoms with Crippen LogP contribution in [0.2, 0.25) is 0 Å². The van der Waals surface area contributed by atoms with Crippen molar-refractivity contribution in [1.29, 1.82) is 0 Å². The summed E-state index contributed by atoms with van der Waals surface area (Å²) in [6, 6.07) is 9.15. The van der Waals surface area contributed by atoms with Gasteiger partial charge in [0.15, 0.2) is 6.61 Å². The molecule has 1 aromatic carbocycles. The summed E-state index contributed by atoms with van der Waals surface area (Å²) in [6.07, 6.45) is 4.41. The van der Waals surface area contributed by atoms with Gasteiger partial charge in [-0.2, -0.15) is 9.40 Å². The van der Waals surface area contributed by atoms with Crippen molar-refractivity contribution in [2.45, 2.75) is 0 Å². The van der Waals surface area contributed by atoms with E-state index in [0.29, 0.717) is 0 Å². The van der Waals surface area contributed by atoms with E-state index in [1.165, 1.54) is 31.7 Å². The van der Waals surface area contributed by atoms with Crippen LogP contribution in [-0.4, -0.2) is 72.1 Å². The van der Waals surface area contributed by atoms with Crippen LogP contribution in [0.4, 0.5) is 0 Å². The predicted molar refractivity (Wildman–Crippen MR) is 106 cm³/mol. The van der Waals surface area contributed by atoms with E-state index in [0.717, 1.165) is 5.56 Å². The molecule has 0 bridgehead atoms. The third-order valence-corrected chi connectivity index (χ3v) is 6.02. The lowest BCUT2D eigenvalue weighted by molar-refractivity contribution is -0.135. The molecule has 1 aliphatic heterocycles. The first-order chi connectivity index (χ1) is 13.8. The molecule has 3 rings (SSSR count). The summed E-state index contributed by atoms with van der Waals surface area (Å²) < 4.78 is 32.7. The molecule has 154 valence electrons. The molecule has 2 heterocycles. The smallest absolute Gasteiger partial charge is 0.341 e. The number of benzene rings is 1. The standard InChI is InChI=1S/C19H22N4O5S/c1-21-14-17(13-20-21)19(25)28-15-18(24)22-8-10-23(11-9-22)29(26,27)12-7-16-5-3-2-4-6-16/h2-7,12-14H,8-11,15H2,1H3/b12-7+. The number of rotatable bonds is 6. The Bertz CT molecular complexity index is 993. The fourth-order valence-corrected chi connectivity index (χ4v) is 4.01. The average Bonchev–Trinajstić information content (AvgIpc) is 3.17. The van der Waals surface area contributed by atoms with E-state index in [1.54, 1.807) is 13.1 Å². The van der Waals surface area contributed by atoms with Crippen molar-refractivity contribution < 1.29 is 22.7 Å². The lowest BCUT2D eigenvalue weighted by Gasteiger charge is -2.33. The molecule has 9 nitrogen and oxygen atoms in total. The minimum atomic E-state index is -3.57. The van der Waals surface area contributed by atoms with Gasteiger partial charge in [-0.25, -0.2) is 13.2 Å². The van der Waals surface area contributed by atoms with E-state index >= 15 is 0 Å². The molecule has 29 heavy (non-hydrogen) atoms. The van der Waals surface area contributed by atoms with Gasteiger partial charge >= 0.3 is 5.97 Å². The maximum absolute atomic E-state index is 12.5. The Hall–Kier alpha value is -2.98. The van der Waals surface area contributed by atoms with E-state index in [4.69, 9.17) is 4.74 Å². The normalized spacial score (nSPS) is 15.6. The number of esters is 1. The van der Waals surface area contributed by atoms with Crippen molar-refractivity contribution in [3.05, 3.63) is 59.3 Å². The zero-order valence-electron chi connectivity index (χ0n) is 16.0. The predicted octanol–water partition coefficient (Wildman–Crippen LogP) is 0.722. The molecule has 0 saturated carbocycles. The van der Waals surface area contributed by atoms with Gasteiger partial charge in [0, 0.05) is 44.8 Å². The zero-order valence-corrected chi connectivity index (χ0v) is 16.8. The molecule has 1 saturated heterocycles. The SMILES string of the molecule is Cn1cc(C(=O)OCC(=O)N2CCN(S(=O)(=O)/C=C/c3ccccc3)CC2)cn1. The Kier molecular flexibility index (Phi) is 6.45. The van der Waals surface area contributed by atoms with Crippen LogP contribution in [0.15, 0.2) is 48.1 Å². The van der Waals surface area contributed by atoms with Crippen molar-refractivity contribution in [2.24, 2.45) is 7.05 Å². The number of nitrogens with zero attached hydrogens (tertiary/aromatic N) is 4. The second-order valence-corrected chi connectivity index (χ2v) is 8.34. The number of hydrogen-bond donors (Lipinski definition) is 0. The summed E-state index contributed by atoms with van der Waals surface area (Å²) in [6.45, 7) is 0.450. The van der Waals surface area contributed by atoms with Gasteiger partial charge in [0.05, 0.1) is 11.8 Å². The molecule has 0 radical (unpaired) electrons. The summed E-state index contributed by atoms with van der Waals surface area (Å²) in [5.41, 5.74) is 1.06. The molecule has 10 heteroatoms. The highest BCUT2D eigenvalue weighted by Crippen LogP contribution is 2.12. The largest absolute Gasteiger partial charge is 0.452 e. The van der Waals surface area contributed by atoms with Gasteiger partial charge in [-0.3, -0.25) is 9.48 Å². The summed E-state index contributed by atoms with van der Waals surface area (Å²) in [5.74, 6) is -0.988. The van der Waals surface area contributed by atoms with Gasteiger partial charge in [0.1, 0.15) is 0 Å². The second kappa shape index (κ2) is 9.01. The lowest BCUT2D eigenvalue weighted by atomic mass is 10.2. The number of ether oxygens (including phenoxy) is 1. The van der Waals surface area contributed by atoms with E-state index in [9.17, 15) is 18.0 Å². The van der Waals surface area contributed by atoms with Crippen molar-refractivity contribution in [3.63, 3.8) is 0 Å². The van der Waals surface area contributed by atoms with Crippen molar-refractivity contribution in [1.82, 2.24) is 19.0 Å². The average molecular weight is 418 g/mol. The topological polar surface area (TPSA) is 102 Å². The fraction of sp³-hybridized carbons (Fsp3) is 0.316. The summed E-state index contributed by atoms with van der Waals surface area (Å²) >= 11 is 0. The lowest BCUT2D eigenvalue weighted by Crippen LogP contribution is -2.51. The molecule has 1 amide bonds. The van der Waals surface area contributed by atoms with Gasteiger partial charge in [-0.05, 0) is 11.6 Å². The number of carbonyl (C=O) groups is 2. The van der Waals surface area contributed by atoms with Crippen molar-refractivity contribution in [3.8, 4) is 0 Å². The summed E-state index contributed by atoms with van der Waals surface area (Å²) in [5, 5.41) is 5.05. The molecule has 0 aliphatic carbocycles. The molecule has 0 N–H and O–H groups in total. The van der Waals surface area contributed by atoms with E-state index in [1.807, 2.05) is 30.3 Å². The Morgan fingerprint density at radius 3 is 2.45 bits per heavy atom.